The number of fused-ring (bicyclic) bond motifs is 1. The van der Waals surface area contributed by atoms with Crippen molar-refractivity contribution >= 4 is 28.3 Å². The van der Waals surface area contributed by atoms with E-state index in [9.17, 15) is 14.7 Å². The number of aromatic nitrogens is 1. The minimum absolute atomic E-state index is 0.0293. The van der Waals surface area contributed by atoms with Crippen LogP contribution >= 0.6 is 0 Å². The predicted octanol–water partition coefficient (Wildman–Crippen LogP) is 2.89. The molecular weight excluding hydrogens is 296 g/mol. The summed E-state index contributed by atoms with van der Waals surface area (Å²) in [7, 11) is 0. The molecule has 2 aromatic carbocycles. The standard InChI is InChI=1S/C17H12N2O4/c20-14-5-2-10(3-6-14)16(21)19-13-4-1-11-8-15(17(22)23)18-9-12(11)7-13/h1-9,20H,(H,19,21)(H,22,23). The van der Waals surface area contributed by atoms with E-state index in [1.54, 1.807) is 18.2 Å². The van der Waals surface area contributed by atoms with Crippen LogP contribution in [-0.2, 0) is 0 Å². The third-order valence-corrected chi connectivity index (χ3v) is 3.33. The largest absolute Gasteiger partial charge is 0.508 e. The molecule has 0 saturated carbocycles. The van der Waals surface area contributed by atoms with Crippen molar-refractivity contribution in [3.05, 3.63) is 66.0 Å². The first kappa shape index (κ1) is 14.5. The number of nitrogens with zero attached hydrogens (tertiary/aromatic N) is 1. The molecule has 0 unspecified atom stereocenters. The van der Waals surface area contributed by atoms with E-state index in [0.29, 0.717) is 11.3 Å². The predicted molar refractivity (Wildman–Crippen MR) is 84.8 cm³/mol. The van der Waals surface area contributed by atoms with Gasteiger partial charge in [0.2, 0.25) is 0 Å². The fraction of sp³-hybridized carbons (Fsp3) is 0. The number of nitrogens with one attached hydrogen (secondary N) is 1. The molecule has 1 aromatic heterocycles. The lowest BCUT2D eigenvalue weighted by atomic mass is 10.1. The number of carbonyl (C=O) groups is 2. The van der Waals surface area contributed by atoms with Gasteiger partial charge >= 0.3 is 5.97 Å². The van der Waals surface area contributed by atoms with Gasteiger partial charge in [0.25, 0.3) is 5.91 Å². The molecule has 0 spiro atoms. The van der Waals surface area contributed by atoms with Gasteiger partial charge in [0, 0.05) is 22.8 Å². The van der Waals surface area contributed by atoms with E-state index in [0.717, 1.165) is 10.8 Å². The Hall–Kier alpha value is -3.41. The number of hydrogen-bond acceptors (Lipinski definition) is 4. The number of aromatic hydroxyl groups is 1. The summed E-state index contributed by atoms with van der Waals surface area (Å²) in [5, 5.41) is 22.3. The van der Waals surface area contributed by atoms with Crippen LogP contribution in [0, 0.1) is 0 Å². The van der Waals surface area contributed by atoms with Crippen LogP contribution in [0.5, 0.6) is 5.75 Å². The zero-order valence-electron chi connectivity index (χ0n) is 11.9. The lowest BCUT2D eigenvalue weighted by Crippen LogP contribution is -2.11. The van der Waals surface area contributed by atoms with Crippen LogP contribution in [-0.4, -0.2) is 27.1 Å². The van der Waals surface area contributed by atoms with E-state index < -0.39 is 5.97 Å². The SMILES string of the molecule is O=C(Nc1ccc2cc(C(=O)O)ncc2c1)c1ccc(O)cc1. The minimum atomic E-state index is -1.09. The van der Waals surface area contributed by atoms with Gasteiger partial charge in [-0.2, -0.15) is 0 Å². The van der Waals surface area contributed by atoms with E-state index in [2.05, 4.69) is 10.3 Å². The number of rotatable bonds is 3. The van der Waals surface area contributed by atoms with Gasteiger partial charge in [0.15, 0.2) is 0 Å². The number of phenols is 1. The molecule has 0 aliphatic rings. The van der Waals surface area contributed by atoms with Crippen LogP contribution in [0.2, 0.25) is 0 Å². The van der Waals surface area contributed by atoms with Crippen LogP contribution < -0.4 is 5.32 Å². The highest BCUT2D eigenvalue weighted by Crippen LogP contribution is 2.20. The maximum atomic E-state index is 12.1. The zero-order chi connectivity index (χ0) is 16.4. The number of carbonyl (C=O) groups excluding carboxylic acids is 1. The molecule has 3 rings (SSSR count). The second kappa shape index (κ2) is 5.76. The van der Waals surface area contributed by atoms with Crippen molar-refractivity contribution in [1.29, 1.82) is 0 Å². The van der Waals surface area contributed by atoms with Crippen molar-refractivity contribution in [1.82, 2.24) is 4.98 Å². The van der Waals surface area contributed by atoms with Gasteiger partial charge in [0.1, 0.15) is 11.4 Å². The van der Waals surface area contributed by atoms with Crippen LogP contribution in [0.1, 0.15) is 20.8 Å². The number of carboxylic acids is 1. The molecule has 0 radical (unpaired) electrons. The van der Waals surface area contributed by atoms with Gasteiger partial charge in [-0.3, -0.25) is 4.79 Å². The topological polar surface area (TPSA) is 99.5 Å². The summed E-state index contributed by atoms with van der Waals surface area (Å²) < 4.78 is 0. The number of aromatic carboxylic acids is 1. The molecule has 0 atom stereocenters. The molecule has 0 saturated heterocycles. The first-order valence-electron chi connectivity index (χ1n) is 6.76. The minimum Gasteiger partial charge on any atom is -0.508 e. The number of amides is 1. The van der Waals surface area contributed by atoms with Crippen LogP contribution in [0.3, 0.4) is 0 Å². The van der Waals surface area contributed by atoms with Gasteiger partial charge in [-0.05, 0) is 47.9 Å². The van der Waals surface area contributed by atoms with E-state index in [-0.39, 0.29) is 17.4 Å². The van der Waals surface area contributed by atoms with Gasteiger partial charge in [-0.25, -0.2) is 9.78 Å². The highest BCUT2D eigenvalue weighted by molar-refractivity contribution is 6.05. The second-order valence-electron chi connectivity index (χ2n) is 4.94. The second-order valence-corrected chi connectivity index (χ2v) is 4.94. The molecule has 23 heavy (non-hydrogen) atoms. The van der Waals surface area contributed by atoms with Gasteiger partial charge in [0.05, 0.1) is 0 Å². The first-order valence-corrected chi connectivity index (χ1v) is 6.76. The van der Waals surface area contributed by atoms with Crippen molar-refractivity contribution in [2.24, 2.45) is 0 Å². The Labute approximate surface area is 131 Å². The molecule has 0 fully saturated rings. The summed E-state index contributed by atoms with van der Waals surface area (Å²) >= 11 is 0. The Kier molecular flexibility index (Phi) is 3.64. The lowest BCUT2D eigenvalue weighted by Gasteiger charge is -2.07. The van der Waals surface area contributed by atoms with E-state index in [1.165, 1.54) is 36.5 Å². The first-order chi connectivity index (χ1) is 11.0. The molecule has 1 amide bonds. The van der Waals surface area contributed by atoms with Crippen molar-refractivity contribution in [2.45, 2.75) is 0 Å². The van der Waals surface area contributed by atoms with E-state index >= 15 is 0 Å². The fourth-order valence-corrected chi connectivity index (χ4v) is 2.15. The number of hydrogen-bond donors (Lipinski definition) is 3. The van der Waals surface area contributed by atoms with Crippen LogP contribution in [0.25, 0.3) is 10.8 Å². The number of carboxylic acid groups (broad SMARTS) is 1. The fourth-order valence-electron chi connectivity index (χ4n) is 2.15. The van der Waals surface area contributed by atoms with Crippen LogP contribution in [0.4, 0.5) is 5.69 Å². The maximum absolute atomic E-state index is 12.1. The monoisotopic (exact) mass is 308 g/mol. The van der Waals surface area contributed by atoms with Crippen LogP contribution in [0.15, 0.2) is 54.7 Å². The molecule has 0 aliphatic carbocycles. The molecule has 3 aromatic rings. The highest BCUT2D eigenvalue weighted by Gasteiger charge is 2.08. The molecule has 114 valence electrons. The molecule has 1 heterocycles. The Balaban J connectivity index is 1.86. The number of anilines is 1. The number of phenolic OH excluding ortho intramolecular Hbond substituents is 1. The summed E-state index contributed by atoms with van der Waals surface area (Å²) in [5.74, 6) is -1.30. The van der Waals surface area contributed by atoms with Gasteiger partial charge in [-0.1, -0.05) is 6.07 Å². The Morgan fingerprint density at radius 2 is 1.70 bits per heavy atom. The molecule has 0 bridgehead atoms. The lowest BCUT2D eigenvalue weighted by molar-refractivity contribution is 0.0690. The van der Waals surface area contributed by atoms with E-state index in [4.69, 9.17) is 5.11 Å². The smallest absolute Gasteiger partial charge is 0.354 e. The molecular formula is C17H12N2O4. The summed E-state index contributed by atoms with van der Waals surface area (Å²) in [4.78, 5) is 26.9. The Bertz CT molecular complexity index is 904. The highest BCUT2D eigenvalue weighted by atomic mass is 16.4. The van der Waals surface area contributed by atoms with Gasteiger partial charge < -0.3 is 15.5 Å². The summed E-state index contributed by atoms with van der Waals surface area (Å²) in [6.07, 6.45) is 1.45. The third-order valence-electron chi connectivity index (χ3n) is 3.33. The van der Waals surface area contributed by atoms with Crippen molar-refractivity contribution in [3.8, 4) is 5.75 Å². The average Bonchev–Trinajstić information content (AvgIpc) is 2.54. The number of benzene rings is 2. The third kappa shape index (κ3) is 3.11. The zero-order valence-corrected chi connectivity index (χ0v) is 11.9. The Morgan fingerprint density at radius 3 is 2.39 bits per heavy atom. The number of pyridine rings is 1. The molecule has 6 nitrogen and oxygen atoms in total. The Morgan fingerprint density at radius 1 is 0.957 bits per heavy atom. The summed E-state index contributed by atoms with van der Waals surface area (Å²) in [6, 6.07) is 12.5. The quantitative estimate of drug-likeness (QED) is 0.691. The maximum Gasteiger partial charge on any atom is 0.354 e. The normalized spacial score (nSPS) is 10.4. The van der Waals surface area contributed by atoms with Gasteiger partial charge in [-0.15, -0.1) is 0 Å². The molecule has 0 aliphatic heterocycles. The molecule has 3 N–H and O–H groups in total. The van der Waals surface area contributed by atoms with E-state index in [1.807, 2.05) is 0 Å². The summed E-state index contributed by atoms with van der Waals surface area (Å²) in [5.41, 5.74) is 0.959. The van der Waals surface area contributed by atoms with Crippen molar-refractivity contribution in [2.75, 3.05) is 5.32 Å². The average molecular weight is 308 g/mol. The molecule has 6 heteroatoms. The van der Waals surface area contributed by atoms with Crippen molar-refractivity contribution in [3.63, 3.8) is 0 Å². The summed E-state index contributed by atoms with van der Waals surface area (Å²) in [6.45, 7) is 0. The van der Waals surface area contributed by atoms with Crippen molar-refractivity contribution < 1.29 is 19.8 Å².